The molecule has 3 unspecified atom stereocenters. The molecular weight excluding hydrogens is 230 g/mol. The molecule has 0 aromatic heterocycles. The van der Waals surface area contributed by atoms with Crippen LogP contribution in [0.1, 0.15) is 45.4 Å². The average Bonchev–Trinajstić information content (AvgIpc) is 2.34. The standard InChI is InChI=1S/C13H23N3O2/c1-9(14)6-7-13(18)16-8-12(17)15-10-4-2-3-5-11(10)16/h9-11H,2-8,14H2,1H3,(H,15,17). The van der Waals surface area contributed by atoms with E-state index in [1.54, 1.807) is 4.90 Å². The second-order valence-electron chi connectivity index (χ2n) is 5.56. The maximum Gasteiger partial charge on any atom is 0.239 e. The first-order chi connectivity index (χ1) is 8.58. The van der Waals surface area contributed by atoms with Crippen LogP contribution in [0.2, 0.25) is 0 Å². The van der Waals surface area contributed by atoms with Gasteiger partial charge in [-0.2, -0.15) is 0 Å². The van der Waals surface area contributed by atoms with E-state index < -0.39 is 0 Å². The predicted molar refractivity (Wildman–Crippen MR) is 68.8 cm³/mol. The second kappa shape index (κ2) is 5.69. The lowest BCUT2D eigenvalue weighted by atomic mass is 9.87. The minimum absolute atomic E-state index is 0.0210. The molecule has 18 heavy (non-hydrogen) atoms. The first-order valence-corrected chi connectivity index (χ1v) is 6.92. The molecule has 1 aliphatic heterocycles. The number of rotatable bonds is 3. The minimum atomic E-state index is -0.0210. The highest BCUT2D eigenvalue weighted by molar-refractivity contribution is 5.86. The topological polar surface area (TPSA) is 75.4 Å². The molecule has 1 saturated carbocycles. The van der Waals surface area contributed by atoms with Crippen molar-refractivity contribution in [3.8, 4) is 0 Å². The van der Waals surface area contributed by atoms with Crippen molar-refractivity contribution in [2.75, 3.05) is 6.54 Å². The molecule has 5 heteroatoms. The number of amides is 2. The monoisotopic (exact) mass is 253 g/mol. The molecule has 1 heterocycles. The quantitative estimate of drug-likeness (QED) is 0.763. The first-order valence-electron chi connectivity index (χ1n) is 6.92. The number of hydrogen-bond acceptors (Lipinski definition) is 3. The summed E-state index contributed by atoms with van der Waals surface area (Å²) in [5.41, 5.74) is 5.68. The van der Waals surface area contributed by atoms with Crippen LogP contribution >= 0.6 is 0 Å². The summed E-state index contributed by atoms with van der Waals surface area (Å²) in [4.78, 5) is 25.6. The fourth-order valence-corrected chi connectivity index (χ4v) is 2.94. The van der Waals surface area contributed by atoms with Gasteiger partial charge in [-0.3, -0.25) is 9.59 Å². The molecule has 2 rings (SSSR count). The van der Waals surface area contributed by atoms with E-state index in [0.717, 1.165) is 25.7 Å². The summed E-state index contributed by atoms with van der Waals surface area (Å²) in [6.45, 7) is 2.12. The summed E-state index contributed by atoms with van der Waals surface area (Å²) in [6.07, 6.45) is 5.43. The summed E-state index contributed by atoms with van der Waals surface area (Å²) < 4.78 is 0. The lowest BCUT2D eigenvalue weighted by molar-refractivity contribution is -0.144. The van der Waals surface area contributed by atoms with Crippen molar-refractivity contribution in [1.82, 2.24) is 10.2 Å². The number of fused-ring (bicyclic) bond motifs is 1. The number of hydrogen-bond donors (Lipinski definition) is 2. The summed E-state index contributed by atoms with van der Waals surface area (Å²) in [5, 5.41) is 3.01. The fourth-order valence-electron chi connectivity index (χ4n) is 2.94. The Bertz CT molecular complexity index is 330. The Kier molecular flexibility index (Phi) is 4.22. The Morgan fingerprint density at radius 1 is 1.50 bits per heavy atom. The van der Waals surface area contributed by atoms with E-state index in [2.05, 4.69) is 5.32 Å². The van der Waals surface area contributed by atoms with E-state index in [4.69, 9.17) is 5.73 Å². The Morgan fingerprint density at radius 3 is 2.94 bits per heavy atom. The number of carbonyl (C=O) groups is 2. The molecule has 2 fully saturated rings. The van der Waals surface area contributed by atoms with E-state index >= 15 is 0 Å². The Labute approximate surface area is 108 Å². The Hall–Kier alpha value is -1.10. The van der Waals surface area contributed by atoms with Crippen molar-refractivity contribution in [1.29, 1.82) is 0 Å². The van der Waals surface area contributed by atoms with Gasteiger partial charge in [0.05, 0.1) is 12.6 Å². The molecule has 1 aliphatic carbocycles. The Balaban J connectivity index is 1.99. The molecule has 2 aliphatic rings. The van der Waals surface area contributed by atoms with Gasteiger partial charge in [-0.15, -0.1) is 0 Å². The van der Waals surface area contributed by atoms with Crippen LogP contribution in [0.4, 0.5) is 0 Å². The molecule has 2 amide bonds. The van der Waals surface area contributed by atoms with Crippen molar-refractivity contribution < 1.29 is 9.59 Å². The fraction of sp³-hybridized carbons (Fsp3) is 0.846. The van der Waals surface area contributed by atoms with E-state index in [9.17, 15) is 9.59 Å². The Morgan fingerprint density at radius 2 is 2.22 bits per heavy atom. The van der Waals surface area contributed by atoms with Gasteiger partial charge in [-0.25, -0.2) is 0 Å². The van der Waals surface area contributed by atoms with Crippen LogP contribution in [0.3, 0.4) is 0 Å². The van der Waals surface area contributed by atoms with Crippen LogP contribution in [-0.2, 0) is 9.59 Å². The molecule has 0 spiro atoms. The highest BCUT2D eigenvalue weighted by Gasteiger charge is 2.38. The van der Waals surface area contributed by atoms with Crippen molar-refractivity contribution in [3.05, 3.63) is 0 Å². The highest BCUT2D eigenvalue weighted by atomic mass is 16.2. The first kappa shape index (κ1) is 13.3. The van der Waals surface area contributed by atoms with Crippen LogP contribution in [-0.4, -0.2) is 41.4 Å². The number of nitrogens with one attached hydrogen (secondary N) is 1. The summed E-state index contributed by atoms with van der Waals surface area (Å²) in [7, 11) is 0. The van der Waals surface area contributed by atoms with Crippen LogP contribution in [0, 0.1) is 0 Å². The number of piperazine rings is 1. The van der Waals surface area contributed by atoms with Crippen LogP contribution in [0.25, 0.3) is 0 Å². The van der Waals surface area contributed by atoms with Crippen molar-refractivity contribution in [2.45, 2.75) is 63.6 Å². The zero-order valence-electron chi connectivity index (χ0n) is 11.0. The molecular formula is C13H23N3O2. The molecule has 3 atom stereocenters. The molecule has 0 aromatic carbocycles. The average molecular weight is 253 g/mol. The zero-order chi connectivity index (χ0) is 13.1. The zero-order valence-corrected chi connectivity index (χ0v) is 11.0. The SMILES string of the molecule is CC(N)CCC(=O)N1CC(=O)NC2CCCCC21. The van der Waals surface area contributed by atoms with Crippen molar-refractivity contribution in [3.63, 3.8) is 0 Å². The highest BCUT2D eigenvalue weighted by Crippen LogP contribution is 2.26. The van der Waals surface area contributed by atoms with Gasteiger partial charge in [0.25, 0.3) is 0 Å². The molecule has 1 saturated heterocycles. The third kappa shape index (κ3) is 3.02. The van der Waals surface area contributed by atoms with E-state index in [0.29, 0.717) is 12.8 Å². The summed E-state index contributed by atoms with van der Waals surface area (Å²) >= 11 is 0. The molecule has 0 aromatic rings. The van der Waals surface area contributed by atoms with Gasteiger partial charge in [0.2, 0.25) is 11.8 Å². The lowest BCUT2D eigenvalue weighted by Gasteiger charge is -2.44. The van der Waals surface area contributed by atoms with Crippen molar-refractivity contribution >= 4 is 11.8 Å². The van der Waals surface area contributed by atoms with Gasteiger partial charge in [-0.05, 0) is 26.2 Å². The van der Waals surface area contributed by atoms with E-state index in [-0.39, 0.29) is 36.5 Å². The number of nitrogens with two attached hydrogens (primary N) is 1. The molecule has 3 N–H and O–H groups in total. The third-order valence-corrected chi connectivity index (χ3v) is 3.92. The molecule has 0 radical (unpaired) electrons. The minimum Gasteiger partial charge on any atom is -0.350 e. The van der Waals surface area contributed by atoms with Gasteiger partial charge in [0.15, 0.2) is 0 Å². The van der Waals surface area contributed by atoms with Crippen LogP contribution in [0.15, 0.2) is 0 Å². The molecule has 102 valence electrons. The number of carbonyl (C=O) groups excluding carboxylic acids is 2. The summed E-state index contributed by atoms with van der Waals surface area (Å²) in [5.74, 6) is 0.0614. The van der Waals surface area contributed by atoms with E-state index in [1.165, 1.54) is 0 Å². The predicted octanol–water partition coefficient (Wildman–Crippen LogP) is 0.383. The summed E-state index contributed by atoms with van der Waals surface area (Å²) in [6, 6.07) is 0.408. The van der Waals surface area contributed by atoms with Gasteiger partial charge < -0.3 is 16.0 Å². The van der Waals surface area contributed by atoms with Gasteiger partial charge in [0.1, 0.15) is 0 Å². The normalized spacial score (nSPS) is 29.4. The van der Waals surface area contributed by atoms with Crippen LogP contribution in [0.5, 0.6) is 0 Å². The second-order valence-corrected chi connectivity index (χ2v) is 5.56. The van der Waals surface area contributed by atoms with Crippen molar-refractivity contribution in [2.24, 2.45) is 5.73 Å². The maximum absolute atomic E-state index is 12.2. The van der Waals surface area contributed by atoms with Crippen LogP contribution < -0.4 is 11.1 Å². The number of nitrogens with zero attached hydrogens (tertiary/aromatic N) is 1. The largest absolute Gasteiger partial charge is 0.350 e. The molecule has 5 nitrogen and oxygen atoms in total. The maximum atomic E-state index is 12.2. The van der Waals surface area contributed by atoms with Gasteiger partial charge in [0, 0.05) is 18.5 Å². The van der Waals surface area contributed by atoms with E-state index in [1.807, 2.05) is 6.92 Å². The smallest absolute Gasteiger partial charge is 0.239 e. The lowest BCUT2D eigenvalue weighted by Crippen LogP contribution is -2.62. The van der Waals surface area contributed by atoms with Gasteiger partial charge >= 0.3 is 0 Å². The molecule has 0 bridgehead atoms. The van der Waals surface area contributed by atoms with Gasteiger partial charge in [-0.1, -0.05) is 12.8 Å². The third-order valence-electron chi connectivity index (χ3n) is 3.92.